The average Bonchev–Trinajstić information content (AvgIpc) is 2.77. The van der Waals surface area contributed by atoms with Gasteiger partial charge in [0.2, 0.25) is 0 Å². The average molecular weight is 273 g/mol. The van der Waals surface area contributed by atoms with E-state index in [0.29, 0.717) is 6.04 Å². The van der Waals surface area contributed by atoms with Crippen molar-refractivity contribution in [1.82, 2.24) is 4.90 Å². The van der Waals surface area contributed by atoms with Gasteiger partial charge in [-0.3, -0.25) is 0 Å². The lowest BCUT2D eigenvalue weighted by Gasteiger charge is -2.20. The Labute approximate surface area is 117 Å². The third-order valence-electron chi connectivity index (χ3n) is 3.99. The number of carboxylic acid groups (broad SMARTS) is 1. The molecular formula is C15H17N2O3+. The summed E-state index contributed by atoms with van der Waals surface area (Å²) in [5, 5.41) is 8.86. The van der Waals surface area contributed by atoms with Crippen LogP contribution < -0.4 is 0 Å². The van der Waals surface area contributed by atoms with Crippen molar-refractivity contribution in [2.75, 3.05) is 13.1 Å². The summed E-state index contributed by atoms with van der Waals surface area (Å²) in [4.78, 5) is 25.0. The first-order valence-electron chi connectivity index (χ1n) is 6.90. The maximum absolute atomic E-state index is 12.2. The molecule has 3 rings (SSSR count). The van der Waals surface area contributed by atoms with Gasteiger partial charge in [0, 0.05) is 5.56 Å². The number of fused-ring (bicyclic) bond motifs is 1. The molecule has 20 heavy (non-hydrogen) atoms. The van der Waals surface area contributed by atoms with Crippen molar-refractivity contribution < 1.29 is 19.3 Å². The number of carbonyl (C=O) groups excluding carboxylic acids is 1. The van der Waals surface area contributed by atoms with Gasteiger partial charge in [-0.25, -0.2) is 9.69 Å². The third-order valence-corrected chi connectivity index (χ3v) is 3.99. The van der Waals surface area contributed by atoms with Crippen LogP contribution in [0.2, 0.25) is 0 Å². The fraction of sp³-hybridized carbons (Fsp3) is 0.400. The molecule has 0 spiro atoms. The lowest BCUT2D eigenvalue weighted by Crippen LogP contribution is -2.37. The number of urea groups is 1. The zero-order valence-corrected chi connectivity index (χ0v) is 11.2. The first-order valence-corrected chi connectivity index (χ1v) is 6.90. The summed E-state index contributed by atoms with van der Waals surface area (Å²) in [5.41, 5.74) is 1.11. The summed E-state index contributed by atoms with van der Waals surface area (Å²) in [7, 11) is 0. The fourth-order valence-electron chi connectivity index (χ4n) is 2.91. The first-order chi connectivity index (χ1) is 9.65. The van der Waals surface area contributed by atoms with Gasteiger partial charge in [0.15, 0.2) is 0 Å². The van der Waals surface area contributed by atoms with Crippen LogP contribution in [-0.2, 0) is 0 Å². The van der Waals surface area contributed by atoms with Crippen LogP contribution in [0.3, 0.4) is 0 Å². The van der Waals surface area contributed by atoms with Crippen LogP contribution >= 0.6 is 0 Å². The molecule has 0 radical (unpaired) electrons. The van der Waals surface area contributed by atoms with Crippen molar-refractivity contribution in [2.45, 2.75) is 25.3 Å². The van der Waals surface area contributed by atoms with E-state index in [0.717, 1.165) is 31.5 Å². The number of amides is 2. The van der Waals surface area contributed by atoms with Crippen molar-refractivity contribution in [1.29, 1.82) is 0 Å². The van der Waals surface area contributed by atoms with E-state index in [2.05, 4.69) is 0 Å². The predicted molar refractivity (Wildman–Crippen MR) is 73.4 cm³/mol. The van der Waals surface area contributed by atoms with E-state index in [9.17, 15) is 9.59 Å². The molecule has 104 valence electrons. The van der Waals surface area contributed by atoms with Gasteiger partial charge in [0.05, 0.1) is 12.1 Å². The molecule has 5 nitrogen and oxygen atoms in total. The zero-order chi connectivity index (χ0) is 14.1. The molecule has 2 saturated heterocycles. The summed E-state index contributed by atoms with van der Waals surface area (Å²) >= 11 is 0. The Balaban J connectivity index is 1.81. The summed E-state index contributed by atoms with van der Waals surface area (Å²) in [6, 6.07) is 6.98. The fourth-order valence-corrected chi connectivity index (χ4v) is 2.91. The molecule has 2 heterocycles. The number of benzene rings is 1. The zero-order valence-electron chi connectivity index (χ0n) is 11.2. The molecule has 1 unspecified atom stereocenters. The highest BCUT2D eigenvalue weighted by molar-refractivity contribution is 5.89. The Morgan fingerprint density at radius 2 is 2.05 bits per heavy atom. The Bertz CT molecular complexity index is 577. The van der Waals surface area contributed by atoms with Gasteiger partial charge in [-0.15, -0.1) is 0 Å². The molecule has 5 heteroatoms. The molecule has 2 fully saturated rings. The highest BCUT2D eigenvalue weighted by Crippen LogP contribution is 2.23. The number of nitrogens with zero attached hydrogens (tertiary/aromatic N) is 2. The van der Waals surface area contributed by atoms with Crippen LogP contribution in [0.1, 0.15) is 35.2 Å². The standard InChI is InChI=1S/C15H16N2O3/c18-14(19)12-6-4-11(5-7-12)9-16-10-13-3-1-2-8-17(13)15(16)20/h4-7,9,13H,1-3,8,10H2/p+1. The Kier molecular flexibility index (Phi) is 3.26. The van der Waals surface area contributed by atoms with Crippen LogP contribution in [0.15, 0.2) is 24.3 Å². The number of rotatable bonds is 2. The van der Waals surface area contributed by atoms with Crippen molar-refractivity contribution >= 4 is 18.2 Å². The number of carboxylic acids is 1. The normalized spacial score (nSPS) is 24.0. The largest absolute Gasteiger partial charge is 0.493 e. The minimum Gasteiger partial charge on any atom is -0.478 e. The molecular weight excluding hydrogens is 256 g/mol. The van der Waals surface area contributed by atoms with Gasteiger partial charge < -0.3 is 5.11 Å². The second kappa shape index (κ2) is 5.07. The number of aromatic carboxylic acids is 1. The predicted octanol–water partition coefficient (Wildman–Crippen LogP) is 1.80. The maximum atomic E-state index is 12.2. The number of hydrogen-bond donors (Lipinski definition) is 1. The van der Waals surface area contributed by atoms with Crippen LogP contribution in [0.5, 0.6) is 0 Å². The van der Waals surface area contributed by atoms with E-state index in [-0.39, 0.29) is 11.6 Å². The van der Waals surface area contributed by atoms with E-state index in [1.54, 1.807) is 28.8 Å². The molecule has 2 aliphatic heterocycles. The first kappa shape index (κ1) is 12.8. The monoisotopic (exact) mass is 273 g/mol. The van der Waals surface area contributed by atoms with Gasteiger partial charge >= 0.3 is 12.0 Å². The SMILES string of the molecule is O=C(O)c1ccc(C=[N+]2CC3CCCCN3C2=O)cc1. The van der Waals surface area contributed by atoms with Crippen LogP contribution in [0, 0.1) is 0 Å². The lowest BCUT2D eigenvalue weighted by atomic mass is 10.0. The second-order valence-electron chi connectivity index (χ2n) is 5.33. The molecule has 0 aliphatic carbocycles. The highest BCUT2D eigenvalue weighted by atomic mass is 16.4. The van der Waals surface area contributed by atoms with Crippen molar-refractivity contribution in [3.8, 4) is 0 Å². The molecule has 1 aromatic carbocycles. The summed E-state index contributed by atoms with van der Waals surface area (Å²) in [5.74, 6) is -0.939. The van der Waals surface area contributed by atoms with E-state index in [1.165, 1.54) is 6.42 Å². The Morgan fingerprint density at radius 1 is 1.30 bits per heavy atom. The number of hydrogen-bond acceptors (Lipinski definition) is 2. The third kappa shape index (κ3) is 2.31. The molecule has 0 aromatic heterocycles. The van der Waals surface area contributed by atoms with Crippen molar-refractivity contribution in [3.63, 3.8) is 0 Å². The van der Waals surface area contributed by atoms with E-state index in [4.69, 9.17) is 5.11 Å². The van der Waals surface area contributed by atoms with Gasteiger partial charge in [-0.05, 0) is 31.4 Å². The van der Waals surface area contributed by atoms with Crippen LogP contribution in [0.25, 0.3) is 0 Å². The number of piperidine rings is 1. The second-order valence-corrected chi connectivity index (χ2v) is 5.33. The van der Waals surface area contributed by atoms with E-state index < -0.39 is 5.97 Å². The van der Waals surface area contributed by atoms with Crippen LogP contribution in [-0.4, -0.2) is 51.9 Å². The highest BCUT2D eigenvalue weighted by Gasteiger charge is 2.44. The van der Waals surface area contributed by atoms with E-state index >= 15 is 0 Å². The smallest absolute Gasteiger partial charge is 0.478 e. The lowest BCUT2D eigenvalue weighted by molar-refractivity contribution is -0.407. The number of carbonyl (C=O) groups is 2. The quantitative estimate of drug-likeness (QED) is 0.836. The molecule has 1 N–H and O–H groups in total. The topological polar surface area (TPSA) is 60.6 Å². The molecule has 0 bridgehead atoms. The van der Waals surface area contributed by atoms with Gasteiger partial charge in [0.25, 0.3) is 0 Å². The summed E-state index contributed by atoms with van der Waals surface area (Å²) in [6.07, 6.45) is 5.17. The molecule has 1 atom stereocenters. The molecule has 2 amide bonds. The molecule has 1 aromatic rings. The van der Waals surface area contributed by atoms with Gasteiger partial charge in [-0.2, -0.15) is 9.37 Å². The van der Waals surface area contributed by atoms with Crippen LogP contribution in [0.4, 0.5) is 4.79 Å². The van der Waals surface area contributed by atoms with Gasteiger partial charge in [-0.1, -0.05) is 12.1 Å². The van der Waals surface area contributed by atoms with Crippen molar-refractivity contribution in [3.05, 3.63) is 35.4 Å². The Hall–Kier alpha value is -2.17. The van der Waals surface area contributed by atoms with E-state index in [1.807, 2.05) is 11.1 Å². The summed E-state index contributed by atoms with van der Waals surface area (Å²) in [6.45, 7) is 1.59. The maximum Gasteiger partial charge on any atom is 0.493 e. The van der Waals surface area contributed by atoms with Gasteiger partial charge in [0.1, 0.15) is 18.8 Å². The van der Waals surface area contributed by atoms with Crippen molar-refractivity contribution in [2.24, 2.45) is 0 Å². The molecule has 2 aliphatic rings. The molecule has 0 saturated carbocycles. The summed E-state index contributed by atoms with van der Waals surface area (Å²) < 4.78 is 1.74. The minimum absolute atomic E-state index is 0.0667. The minimum atomic E-state index is -0.939. The Morgan fingerprint density at radius 3 is 2.70 bits per heavy atom.